The Bertz CT molecular complexity index is 544. The standard InChI is InChI=1S/C13H22N4O3S/c1-14-13-12(4-2-5-15-13)21(18,19)16-6-3-7-17-8-10-20-11-9-17/h2,4-5,16H,3,6-11H2,1H3,(H,14,15). The highest BCUT2D eigenvalue weighted by Gasteiger charge is 2.18. The molecule has 0 spiro atoms. The number of anilines is 1. The van der Waals surface area contributed by atoms with E-state index in [1.807, 2.05) is 0 Å². The predicted molar refractivity (Wildman–Crippen MR) is 80.8 cm³/mol. The van der Waals surface area contributed by atoms with Crippen molar-refractivity contribution in [3.05, 3.63) is 18.3 Å². The molecule has 1 aromatic heterocycles. The van der Waals surface area contributed by atoms with E-state index in [0.717, 1.165) is 39.3 Å². The quantitative estimate of drug-likeness (QED) is 0.696. The van der Waals surface area contributed by atoms with Crippen LogP contribution in [0.1, 0.15) is 6.42 Å². The van der Waals surface area contributed by atoms with E-state index < -0.39 is 10.0 Å². The van der Waals surface area contributed by atoms with Gasteiger partial charge in [-0.15, -0.1) is 0 Å². The summed E-state index contributed by atoms with van der Waals surface area (Å²) in [5.41, 5.74) is 0. The summed E-state index contributed by atoms with van der Waals surface area (Å²) >= 11 is 0. The fraction of sp³-hybridized carbons (Fsp3) is 0.615. The summed E-state index contributed by atoms with van der Waals surface area (Å²) in [5.74, 6) is 0.359. The number of aromatic nitrogens is 1. The molecule has 2 rings (SSSR count). The SMILES string of the molecule is CNc1ncccc1S(=O)(=O)NCCCN1CCOCC1. The van der Waals surface area contributed by atoms with Gasteiger partial charge in [-0.2, -0.15) is 0 Å². The summed E-state index contributed by atoms with van der Waals surface area (Å²) in [6, 6.07) is 3.16. The van der Waals surface area contributed by atoms with Gasteiger partial charge in [-0.3, -0.25) is 4.90 Å². The first-order valence-corrected chi connectivity index (χ1v) is 8.54. The molecule has 0 saturated carbocycles. The molecule has 8 heteroatoms. The molecule has 0 aromatic carbocycles. The highest BCUT2D eigenvalue weighted by atomic mass is 32.2. The minimum atomic E-state index is -3.52. The third-order valence-corrected chi connectivity index (χ3v) is 4.84. The van der Waals surface area contributed by atoms with Crippen LogP contribution < -0.4 is 10.0 Å². The first-order valence-electron chi connectivity index (χ1n) is 7.06. The Morgan fingerprint density at radius 2 is 2.14 bits per heavy atom. The Labute approximate surface area is 125 Å². The van der Waals surface area contributed by atoms with E-state index in [4.69, 9.17) is 4.74 Å². The van der Waals surface area contributed by atoms with E-state index in [-0.39, 0.29) is 4.90 Å². The molecule has 0 radical (unpaired) electrons. The molecule has 0 bridgehead atoms. The number of rotatable bonds is 7. The van der Waals surface area contributed by atoms with Crippen LogP contribution in [0.4, 0.5) is 5.82 Å². The molecule has 1 saturated heterocycles. The van der Waals surface area contributed by atoms with Crippen molar-refractivity contribution in [1.82, 2.24) is 14.6 Å². The number of hydrogen-bond acceptors (Lipinski definition) is 6. The Morgan fingerprint density at radius 1 is 1.38 bits per heavy atom. The van der Waals surface area contributed by atoms with Crippen molar-refractivity contribution < 1.29 is 13.2 Å². The van der Waals surface area contributed by atoms with Crippen LogP contribution in [0.25, 0.3) is 0 Å². The molecule has 2 heterocycles. The molecule has 0 amide bonds. The molecule has 2 N–H and O–H groups in total. The normalized spacial score (nSPS) is 16.8. The lowest BCUT2D eigenvalue weighted by molar-refractivity contribution is 0.0376. The molecule has 21 heavy (non-hydrogen) atoms. The summed E-state index contributed by atoms with van der Waals surface area (Å²) < 4.78 is 32.4. The van der Waals surface area contributed by atoms with Crippen molar-refractivity contribution in [2.45, 2.75) is 11.3 Å². The molecule has 7 nitrogen and oxygen atoms in total. The zero-order valence-corrected chi connectivity index (χ0v) is 13.0. The zero-order valence-electron chi connectivity index (χ0n) is 12.2. The Hall–Kier alpha value is -1.22. The maximum Gasteiger partial charge on any atom is 0.244 e. The average Bonchev–Trinajstić information content (AvgIpc) is 2.52. The van der Waals surface area contributed by atoms with Gasteiger partial charge in [0.1, 0.15) is 10.7 Å². The second-order valence-electron chi connectivity index (χ2n) is 4.81. The van der Waals surface area contributed by atoms with E-state index in [2.05, 4.69) is 19.9 Å². The molecule has 0 aliphatic carbocycles. The topological polar surface area (TPSA) is 83.6 Å². The summed E-state index contributed by atoms with van der Waals surface area (Å²) in [6.45, 7) is 4.63. The van der Waals surface area contributed by atoms with Gasteiger partial charge in [0.05, 0.1) is 13.2 Å². The minimum absolute atomic E-state index is 0.180. The van der Waals surface area contributed by atoms with Crippen LogP contribution in [0.15, 0.2) is 23.2 Å². The van der Waals surface area contributed by atoms with Gasteiger partial charge in [0.15, 0.2) is 0 Å². The minimum Gasteiger partial charge on any atom is -0.379 e. The second-order valence-corrected chi connectivity index (χ2v) is 6.54. The van der Waals surface area contributed by atoms with Crippen molar-refractivity contribution in [2.24, 2.45) is 0 Å². The van der Waals surface area contributed by atoms with Crippen LogP contribution in [0, 0.1) is 0 Å². The smallest absolute Gasteiger partial charge is 0.244 e. The number of pyridine rings is 1. The first-order chi connectivity index (χ1) is 10.1. The number of sulfonamides is 1. The highest BCUT2D eigenvalue weighted by molar-refractivity contribution is 7.89. The maximum absolute atomic E-state index is 12.2. The Balaban J connectivity index is 1.83. The lowest BCUT2D eigenvalue weighted by atomic mass is 10.3. The third-order valence-electron chi connectivity index (χ3n) is 3.34. The summed E-state index contributed by atoms with van der Waals surface area (Å²) in [5, 5.41) is 2.79. The molecule has 1 aliphatic rings. The van der Waals surface area contributed by atoms with Gasteiger partial charge in [-0.1, -0.05) is 0 Å². The van der Waals surface area contributed by atoms with E-state index in [1.165, 1.54) is 0 Å². The summed E-state index contributed by atoms with van der Waals surface area (Å²) in [7, 11) is -1.87. The van der Waals surface area contributed by atoms with Gasteiger partial charge in [-0.05, 0) is 25.1 Å². The van der Waals surface area contributed by atoms with Gasteiger partial charge in [0.2, 0.25) is 10.0 Å². The number of hydrogen-bond donors (Lipinski definition) is 2. The van der Waals surface area contributed by atoms with Crippen molar-refractivity contribution in [3.8, 4) is 0 Å². The van der Waals surface area contributed by atoms with Gasteiger partial charge >= 0.3 is 0 Å². The maximum atomic E-state index is 12.2. The fourth-order valence-corrected chi connectivity index (χ4v) is 3.44. The Kier molecular flexibility index (Phi) is 5.92. The summed E-state index contributed by atoms with van der Waals surface area (Å²) in [4.78, 5) is 6.47. The number of nitrogens with one attached hydrogen (secondary N) is 2. The van der Waals surface area contributed by atoms with Crippen LogP contribution in [-0.4, -0.2) is 64.7 Å². The van der Waals surface area contributed by atoms with Crippen LogP contribution in [0.5, 0.6) is 0 Å². The van der Waals surface area contributed by atoms with Gasteiger partial charge in [-0.25, -0.2) is 18.1 Å². The number of ether oxygens (including phenoxy) is 1. The average molecular weight is 314 g/mol. The lowest BCUT2D eigenvalue weighted by Crippen LogP contribution is -2.38. The van der Waals surface area contributed by atoms with Gasteiger partial charge in [0, 0.05) is 32.9 Å². The van der Waals surface area contributed by atoms with Crippen LogP contribution in [-0.2, 0) is 14.8 Å². The van der Waals surface area contributed by atoms with E-state index >= 15 is 0 Å². The monoisotopic (exact) mass is 314 g/mol. The van der Waals surface area contributed by atoms with E-state index in [9.17, 15) is 8.42 Å². The van der Waals surface area contributed by atoms with Gasteiger partial charge in [0.25, 0.3) is 0 Å². The van der Waals surface area contributed by atoms with Crippen LogP contribution in [0.2, 0.25) is 0 Å². The first kappa shape index (κ1) is 16.2. The molecular weight excluding hydrogens is 292 g/mol. The second kappa shape index (κ2) is 7.69. The molecule has 1 fully saturated rings. The highest BCUT2D eigenvalue weighted by Crippen LogP contribution is 2.16. The van der Waals surface area contributed by atoms with Crippen molar-refractivity contribution in [2.75, 3.05) is 51.8 Å². The molecular formula is C13H22N4O3S. The van der Waals surface area contributed by atoms with Gasteiger partial charge < -0.3 is 10.1 Å². The number of morpholine rings is 1. The largest absolute Gasteiger partial charge is 0.379 e. The molecule has 118 valence electrons. The van der Waals surface area contributed by atoms with Crippen molar-refractivity contribution in [3.63, 3.8) is 0 Å². The molecule has 1 aromatic rings. The van der Waals surface area contributed by atoms with Crippen LogP contribution >= 0.6 is 0 Å². The Morgan fingerprint density at radius 3 is 2.86 bits per heavy atom. The lowest BCUT2D eigenvalue weighted by Gasteiger charge is -2.26. The van der Waals surface area contributed by atoms with E-state index in [1.54, 1.807) is 25.4 Å². The van der Waals surface area contributed by atoms with Crippen molar-refractivity contribution >= 4 is 15.8 Å². The third kappa shape index (κ3) is 4.63. The molecule has 1 aliphatic heterocycles. The number of nitrogens with zero attached hydrogens (tertiary/aromatic N) is 2. The summed E-state index contributed by atoms with van der Waals surface area (Å²) in [6.07, 6.45) is 2.33. The fourth-order valence-electron chi connectivity index (χ4n) is 2.21. The predicted octanol–water partition coefficient (Wildman–Crippen LogP) is 0.124. The molecule has 0 unspecified atom stereocenters. The van der Waals surface area contributed by atoms with E-state index in [0.29, 0.717) is 12.4 Å². The van der Waals surface area contributed by atoms with Crippen LogP contribution in [0.3, 0.4) is 0 Å². The zero-order chi connectivity index (χ0) is 15.1. The molecule has 0 atom stereocenters. The van der Waals surface area contributed by atoms with Crippen molar-refractivity contribution in [1.29, 1.82) is 0 Å².